The predicted octanol–water partition coefficient (Wildman–Crippen LogP) is 21.5. The Morgan fingerprint density at radius 3 is 1.04 bits per heavy atom. The van der Waals surface area contributed by atoms with Gasteiger partial charge in [0.1, 0.15) is 31.7 Å². The van der Waals surface area contributed by atoms with Crippen LogP contribution in [0.5, 0.6) is 0 Å². The fourth-order valence-electron chi connectivity index (χ4n) is 10.6. The highest BCUT2D eigenvalue weighted by molar-refractivity contribution is 7.47. The Balaban J connectivity index is 5.29. The second-order valence-electron chi connectivity index (χ2n) is 25.9. The van der Waals surface area contributed by atoms with Gasteiger partial charge in [-0.05, 0) is 96.3 Å². The zero-order valence-corrected chi connectivity index (χ0v) is 62.6. The first-order chi connectivity index (χ1) is 46.8. The quantitative estimate of drug-likeness (QED) is 0.0128. The molecule has 2 unspecified atom stereocenters. The van der Waals surface area contributed by atoms with Gasteiger partial charge in [-0.15, -0.1) is 0 Å². The fourth-order valence-corrected chi connectivity index (χ4v) is 12.2. The lowest BCUT2D eigenvalue weighted by Gasteiger charge is -2.21. The summed E-state index contributed by atoms with van der Waals surface area (Å²) < 4.78 is 69.1. The molecule has 96 heavy (non-hydrogen) atoms. The van der Waals surface area contributed by atoms with Gasteiger partial charge in [-0.25, -0.2) is 9.13 Å². The molecule has 3 N–H and O–H groups in total. The number of aliphatic hydroxyl groups excluding tert-OH is 1. The lowest BCUT2D eigenvalue weighted by molar-refractivity contribution is -0.161. The Morgan fingerprint density at radius 2 is 0.625 bits per heavy atom. The minimum Gasteiger partial charge on any atom is -0.463 e. The fraction of sp³-hybridized carbons (Fsp3) is 0.818. The highest BCUT2D eigenvalue weighted by Gasteiger charge is 2.30. The van der Waals surface area contributed by atoms with Gasteiger partial charge in [0, 0.05) is 32.3 Å². The largest absolute Gasteiger partial charge is 0.472 e. The van der Waals surface area contributed by atoms with E-state index in [2.05, 4.69) is 69.4 Å². The van der Waals surface area contributed by atoms with Crippen molar-refractivity contribution < 1.29 is 80.2 Å². The number of phosphoric ester groups is 2. The van der Waals surface area contributed by atoms with Crippen LogP contribution in [0.3, 0.4) is 0 Å². The Labute approximate surface area is 584 Å². The third-order valence-electron chi connectivity index (χ3n) is 16.5. The Kier molecular flexibility index (Phi) is 69.4. The molecular weight excluding hydrogens is 1260 g/mol. The number of esters is 3. The number of hydrogen-bond donors (Lipinski definition) is 3. The summed E-state index contributed by atoms with van der Waals surface area (Å²) in [5.74, 6) is -1.51. The minimum atomic E-state index is -4.95. The van der Waals surface area contributed by atoms with Crippen molar-refractivity contribution in [3.8, 4) is 0 Å². The van der Waals surface area contributed by atoms with E-state index >= 15 is 0 Å². The van der Waals surface area contributed by atoms with Gasteiger partial charge in [0.05, 0.1) is 26.4 Å². The maximum Gasteiger partial charge on any atom is 0.472 e. The highest BCUT2D eigenvalue weighted by atomic mass is 31.2. The summed E-state index contributed by atoms with van der Waals surface area (Å²) in [7, 11) is -9.80. The molecular formula is C77H140O17P2. The Hall–Kier alpha value is -3.08. The van der Waals surface area contributed by atoms with E-state index in [1.807, 2.05) is 12.2 Å². The molecule has 19 heteroatoms. The average molecular weight is 1400 g/mol. The summed E-state index contributed by atoms with van der Waals surface area (Å²) in [5.41, 5.74) is 0. The molecule has 17 nitrogen and oxygen atoms in total. The summed E-state index contributed by atoms with van der Waals surface area (Å²) in [5, 5.41) is 10.6. The molecule has 0 bridgehead atoms. The molecule has 0 saturated carbocycles. The van der Waals surface area contributed by atoms with Gasteiger partial charge in [-0.2, -0.15) is 0 Å². The predicted molar refractivity (Wildman–Crippen MR) is 391 cm³/mol. The maximum absolute atomic E-state index is 13.1. The van der Waals surface area contributed by atoms with Crippen molar-refractivity contribution in [3.63, 3.8) is 0 Å². The van der Waals surface area contributed by atoms with E-state index < -0.39 is 84.9 Å². The van der Waals surface area contributed by atoms with Crippen molar-refractivity contribution in [1.82, 2.24) is 0 Å². The summed E-state index contributed by atoms with van der Waals surface area (Å²) in [6, 6.07) is 0. The van der Waals surface area contributed by atoms with Crippen LogP contribution in [-0.2, 0) is 65.4 Å². The van der Waals surface area contributed by atoms with E-state index in [4.69, 9.17) is 37.0 Å². The van der Waals surface area contributed by atoms with Crippen LogP contribution in [0.1, 0.15) is 342 Å². The molecule has 0 spiro atoms. The van der Waals surface area contributed by atoms with Crippen molar-refractivity contribution in [1.29, 1.82) is 0 Å². The number of carbonyl (C=O) groups is 4. The summed E-state index contributed by atoms with van der Waals surface area (Å²) in [6.45, 7) is 3.48. The number of allylic oxidation sites excluding steroid dienone is 10. The molecule has 0 rings (SSSR count). The molecule has 0 amide bonds. The monoisotopic (exact) mass is 1400 g/mol. The van der Waals surface area contributed by atoms with E-state index in [9.17, 15) is 43.2 Å². The second kappa shape index (κ2) is 71.7. The summed E-state index contributed by atoms with van der Waals surface area (Å²) in [6.07, 6.45) is 69.9. The molecule has 0 aromatic rings. The number of hydrogen-bond acceptors (Lipinski definition) is 15. The summed E-state index contributed by atoms with van der Waals surface area (Å²) in [4.78, 5) is 70.3. The van der Waals surface area contributed by atoms with Crippen LogP contribution >= 0.6 is 15.6 Å². The van der Waals surface area contributed by atoms with Gasteiger partial charge in [0.15, 0.2) is 6.10 Å². The molecule has 560 valence electrons. The van der Waals surface area contributed by atoms with Gasteiger partial charge in [0.25, 0.3) is 0 Å². The van der Waals surface area contributed by atoms with E-state index in [1.54, 1.807) is 0 Å². The zero-order chi connectivity index (χ0) is 70.2. The molecule has 0 fully saturated rings. The molecule has 0 saturated heterocycles. The number of aldehydes is 1. The first-order valence-electron chi connectivity index (χ1n) is 38.5. The lowest BCUT2D eigenvalue weighted by Crippen LogP contribution is -2.30. The number of ether oxygens (including phenoxy) is 4. The number of unbranched alkanes of at least 4 members (excludes halogenated alkanes) is 38. The average Bonchev–Trinajstić information content (AvgIpc) is 2.36. The SMILES string of the molecule is CCCCC/C=C\C/C=C\C/C=C\C/C=C\CCCC(=O)O[C@H](COC(=O)CCCCCCCCCCCCCCC)COP(=O)(O)OC[C@@H](O)COP(=O)(O)OC[C@@H](COC(=O)CCCCCCCCCCCCCCC)OCCCCCCC/C=C\CCCCCCC=O. The minimum absolute atomic E-state index is 0.0349. The molecule has 0 radical (unpaired) electrons. The Morgan fingerprint density at radius 1 is 0.333 bits per heavy atom. The number of rotatable bonds is 75. The van der Waals surface area contributed by atoms with Crippen LogP contribution in [0.4, 0.5) is 0 Å². The van der Waals surface area contributed by atoms with Gasteiger partial charge in [-0.3, -0.25) is 32.5 Å². The normalized spacial score (nSPS) is 14.3. The van der Waals surface area contributed by atoms with Crippen LogP contribution in [0.2, 0.25) is 0 Å². The molecule has 5 atom stereocenters. The van der Waals surface area contributed by atoms with Crippen molar-refractivity contribution in [3.05, 3.63) is 60.8 Å². The van der Waals surface area contributed by atoms with Gasteiger partial charge in [0.2, 0.25) is 0 Å². The van der Waals surface area contributed by atoms with Crippen molar-refractivity contribution in [2.75, 3.05) is 46.2 Å². The Bertz CT molecular complexity index is 2030. The first-order valence-corrected chi connectivity index (χ1v) is 41.5. The first kappa shape index (κ1) is 92.9. The third-order valence-corrected chi connectivity index (χ3v) is 18.4. The number of phosphoric acid groups is 2. The second-order valence-corrected chi connectivity index (χ2v) is 28.8. The maximum atomic E-state index is 13.1. The summed E-state index contributed by atoms with van der Waals surface area (Å²) >= 11 is 0. The van der Waals surface area contributed by atoms with Gasteiger partial charge >= 0.3 is 33.6 Å². The van der Waals surface area contributed by atoms with E-state index in [-0.39, 0.29) is 25.9 Å². The standard InChI is InChI=1S/C77H140O17P2/c1-4-7-10-13-16-19-22-25-26-27-28-33-38-43-48-53-58-63-77(82)94-74(69-89-76(81)62-57-52-47-42-37-32-24-21-18-15-12-9-6-3)71-93-96(85,86)91-67-72(79)66-90-95(83,84)92-70-73(87-65-60-55-50-45-40-35-30-29-34-39-44-49-54-59-64-78)68-88-75(80)61-56-51-46-41-36-31-23-20-17-14-11-8-5-2/h16,19,25-26,28-30,33,43,48,64,72-74,79H,4-15,17-18,20-24,27,31-32,34-42,44-47,49-63,65-71H2,1-3H3,(H,83,84)(H,85,86)/b19-16-,26-25-,30-29-,33-28-,48-43-/t72-,73+,74+/m0/s1. The van der Waals surface area contributed by atoms with Crippen LogP contribution in [-0.4, -0.2) is 104 Å². The van der Waals surface area contributed by atoms with E-state index in [1.165, 1.54) is 135 Å². The van der Waals surface area contributed by atoms with Crippen LogP contribution in [0, 0.1) is 0 Å². The molecule has 0 aromatic carbocycles. The van der Waals surface area contributed by atoms with Crippen molar-refractivity contribution in [2.24, 2.45) is 0 Å². The lowest BCUT2D eigenvalue weighted by atomic mass is 10.0. The molecule has 0 aliphatic rings. The van der Waals surface area contributed by atoms with E-state index in [0.717, 1.165) is 135 Å². The van der Waals surface area contributed by atoms with Gasteiger partial charge in [-0.1, -0.05) is 281 Å². The van der Waals surface area contributed by atoms with Crippen molar-refractivity contribution in [2.45, 2.75) is 360 Å². The smallest absolute Gasteiger partial charge is 0.463 e. The van der Waals surface area contributed by atoms with Crippen LogP contribution in [0.15, 0.2) is 60.8 Å². The zero-order valence-electron chi connectivity index (χ0n) is 60.8. The third kappa shape index (κ3) is 70.8. The molecule has 0 aromatic heterocycles. The number of aliphatic hydroxyl groups is 1. The molecule has 0 aliphatic heterocycles. The van der Waals surface area contributed by atoms with Crippen LogP contribution in [0.25, 0.3) is 0 Å². The van der Waals surface area contributed by atoms with Gasteiger partial charge < -0.3 is 38.6 Å². The molecule has 0 aliphatic carbocycles. The van der Waals surface area contributed by atoms with Crippen LogP contribution < -0.4 is 0 Å². The van der Waals surface area contributed by atoms with Crippen molar-refractivity contribution >= 4 is 39.8 Å². The highest BCUT2D eigenvalue weighted by Crippen LogP contribution is 2.45. The van der Waals surface area contributed by atoms with E-state index in [0.29, 0.717) is 45.1 Å². The molecule has 0 heterocycles. The topological polar surface area (TPSA) is 237 Å². The number of carbonyl (C=O) groups excluding carboxylic acids is 4.